The molecule has 0 bridgehead atoms. The Hall–Kier alpha value is -4.44. The molecular formula is C27H26FN7O2. The van der Waals surface area contributed by atoms with Crippen molar-refractivity contribution in [3.05, 3.63) is 78.3 Å². The Morgan fingerprint density at radius 2 is 2.00 bits per heavy atom. The highest BCUT2D eigenvalue weighted by atomic mass is 19.1. The Balaban J connectivity index is 1.38. The van der Waals surface area contributed by atoms with Crippen LogP contribution in [-0.4, -0.2) is 57.9 Å². The number of fused-ring (bicyclic) bond motifs is 1. The molecule has 1 aliphatic rings. The van der Waals surface area contributed by atoms with E-state index in [1.54, 1.807) is 17.2 Å². The van der Waals surface area contributed by atoms with Crippen LogP contribution in [0.1, 0.15) is 12.0 Å². The standard InChI is InChI=1S/C27H26FN7O2/c1-17-10-20(4-5-24(17)37-21-11-19(28)13-29-14-21)33-26-22-12-25(30-15-23(22)31-16-32-26)35-9-7-18(27(35)36)6-8-34(2)3/h4-6,10-16H,7-9H2,1-3H3,(H,31,32,33)/b18-6+. The van der Waals surface area contributed by atoms with Crippen molar-refractivity contribution in [1.29, 1.82) is 0 Å². The molecule has 188 valence electrons. The molecule has 0 unspecified atom stereocenters. The normalized spacial score (nSPS) is 14.7. The van der Waals surface area contributed by atoms with Gasteiger partial charge >= 0.3 is 0 Å². The summed E-state index contributed by atoms with van der Waals surface area (Å²) in [5.74, 6) is 1.57. The van der Waals surface area contributed by atoms with Crippen LogP contribution in [0.2, 0.25) is 0 Å². The third-order valence-electron chi connectivity index (χ3n) is 5.96. The predicted octanol–water partition coefficient (Wildman–Crippen LogP) is 4.63. The summed E-state index contributed by atoms with van der Waals surface area (Å²) in [7, 11) is 3.94. The van der Waals surface area contributed by atoms with Crippen LogP contribution in [0.25, 0.3) is 10.9 Å². The first-order valence-electron chi connectivity index (χ1n) is 11.8. The van der Waals surface area contributed by atoms with Gasteiger partial charge in [0.05, 0.1) is 24.1 Å². The number of hydrogen-bond acceptors (Lipinski definition) is 8. The van der Waals surface area contributed by atoms with Crippen LogP contribution >= 0.6 is 0 Å². The molecule has 1 aromatic carbocycles. The highest BCUT2D eigenvalue weighted by Crippen LogP contribution is 2.31. The van der Waals surface area contributed by atoms with Crippen LogP contribution in [-0.2, 0) is 4.79 Å². The smallest absolute Gasteiger partial charge is 0.255 e. The lowest BCUT2D eigenvalue weighted by Gasteiger charge is -2.16. The van der Waals surface area contributed by atoms with Gasteiger partial charge in [-0.25, -0.2) is 19.3 Å². The van der Waals surface area contributed by atoms with Crippen LogP contribution < -0.4 is 15.0 Å². The molecule has 5 rings (SSSR count). The molecule has 1 saturated heterocycles. The lowest BCUT2D eigenvalue weighted by atomic mass is 10.2. The van der Waals surface area contributed by atoms with Crippen LogP contribution in [0.3, 0.4) is 0 Å². The number of pyridine rings is 2. The predicted molar refractivity (Wildman–Crippen MR) is 140 cm³/mol. The second-order valence-corrected chi connectivity index (χ2v) is 9.03. The molecule has 0 radical (unpaired) electrons. The Bertz CT molecular complexity index is 1510. The molecular weight excluding hydrogens is 473 g/mol. The van der Waals surface area contributed by atoms with E-state index in [9.17, 15) is 9.18 Å². The summed E-state index contributed by atoms with van der Waals surface area (Å²) in [6.07, 6.45) is 8.36. The number of halogens is 1. The second kappa shape index (κ2) is 10.3. The van der Waals surface area contributed by atoms with E-state index in [4.69, 9.17) is 4.74 Å². The van der Waals surface area contributed by atoms with E-state index in [0.29, 0.717) is 48.2 Å². The number of carbonyl (C=O) groups is 1. The van der Waals surface area contributed by atoms with Gasteiger partial charge in [-0.1, -0.05) is 6.08 Å². The number of amides is 1. The lowest BCUT2D eigenvalue weighted by Crippen LogP contribution is -2.25. The van der Waals surface area contributed by atoms with Crippen molar-refractivity contribution in [2.45, 2.75) is 13.3 Å². The van der Waals surface area contributed by atoms with Crippen LogP contribution in [0.4, 0.5) is 21.7 Å². The van der Waals surface area contributed by atoms with Crippen molar-refractivity contribution in [2.75, 3.05) is 37.4 Å². The van der Waals surface area contributed by atoms with Gasteiger partial charge in [0.15, 0.2) is 0 Å². The van der Waals surface area contributed by atoms with Crippen LogP contribution in [0.5, 0.6) is 11.5 Å². The third-order valence-corrected chi connectivity index (χ3v) is 5.96. The van der Waals surface area contributed by atoms with Crippen molar-refractivity contribution in [2.24, 2.45) is 0 Å². The van der Waals surface area contributed by atoms with E-state index in [1.165, 1.54) is 18.6 Å². The molecule has 1 fully saturated rings. The van der Waals surface area contributed by atoms with Crippen molar-refractivity contribution in [3.8, 4) is 11.5 Å². The molecule has 1 aliphatic heterocycles. The summed E-state index contributed by atoms with van der Waals surface area (Å²) >= 11 is 0. The van der Waals surface area contributed by atoms with Gasteiger partial charge in [0.1, 0.15) is 35.3 Å². The van der Waals surface area contributed by atoms with Crippen molar-refractivity contribution in [3.63, 3.8) is 0 Å². The first-order chi connectivity index (χ1) is 17.9. The number of anilines is 3. The maximum absolute atomic E-state index is 13.4. The molecule has 0 spiro atoms. The summed E-state index contributed by atoms with van der Waals surface area (Å²) in [6.45, 7) is 3.19. The molecule has 4 aromatic rings. The Labute approximate surface area is 213 Å². The molecule has 37 heavy (non-hydrogen) atoms. The van der Waals surface area contributed by atoms with E-state index in [1.807, 2.05) is 50.2 Å². The van der Waals surface area contributed by atoms with Crippen molar-refractivity contribution >= 4 is 34.1 Å². The number of benzene rings is 1. The number of carbonyl (C=O) groups excluding carboxylic acids is 1. The van der Waals surface area contributed by atoms with E-state index in [0.717, 1.165) is 28.4 Å². The molecule has 0 atom stereocenters. The number of ether oxygens (including phenoxy) is 1. The molecule has 0 aliphatic carbocycles. The molecule has 9 nitrogen and oxygen atoms in total. The zero-order valence-electron chi connectivity index (χ0n) is 20.8. The number of rotatable bonds is 7. The molecule has 4 heterocycles. The maximum atomic E-state index is 13.4. The summed E-state index contributed by atoms with van der Waals surface area (Å²) < 4.78 is 19.2. The lowest BCUT2D eigenvalue weighted by molar-refractivity contribution is -0.114. The average Bonchev–Trinajstić information content (AvgIpc) is 3.24. The fourth-order valence-corrected chi connectivity index (χ4v) is 4.06. The van der Waals surface area contributed by atoms with Gasteiger partial charge in [0, 0.05) is 35.8 Å². The Morgan fingerprint density at radius 3 is 2.78 bits per heavy atom. The fourth-order valence-electron chi connectivity index (χ4n) is 4.06. The Morgan fingerprint density at radius 1 is 1.14 bits per heavy atom. The van der Waals surface area contributed by atoms with Crippen molar-refractivity contribution < 1.29 is 13.9 Å². The van der Waals surface area contributed by atoms with Crippen LogP contribution in [0.15, 0.2) is 66.9 Å². The highest BCUT2D eigenvalue weighted by molar-refractivity contribution is 6.08. The molecule has 1 N–H and O–H groups in total. The quantitative estimate of drug-likeness (QED) is 0.368. The summed E-state index contributed by atoms with van der Waals surface area (Å²) in [5, 5.41) is 4.08. The minimum atomic E-state index is -0.464. The number of nitrogens with zero attached hydrogens (tertiary/aromatic N) is 6. The highest BCUT2D eigenvalue weighted by Gasteiger charge is 2.28. The third kappa shape index (κ3) is 5.39. The maximum Gasteiger partial charge on any atom is 0.255 e. The topological polar surface area (TPSA) is 96.4 Å². The average molecular weight is 500 g/mol. The van der Waals surface area contributed by atoms with Gasteiger partial charge < -0.3 is 15.0 Å². The first kappa shape index (κ1) is 24.3. The molecule has 3 aromatic heterocycles. The van der Waals surface area contributed by atoms with E-state index < -0.39 is 5.82 Å². The van der Waals surface area contributed by atoms with Crippen LogP contribution in [0, 0.1) is 12.7 Å². The van der Waals surface area contributed by atoms with Gasteiger partial charge in [-0.05, 0) is 57.3 Å². The zero-order chi connectivity index (χ0) is 25.9. The number of aryl methyl sites for hydroxylation is 1. The van der Waals surface area contributed by atoms with Gasteiger partial charge in [0.25, 0.3) is 5.91 Å². The second-order valence-electron chi connectivity index (χ2n) is 9.03. The van der Waals surface area contributed by atoms with Gasteiger partial charge in [0.2, 0.25) is 0 Å². The molecule has 0 saturated carbocycles. The number of aromatic nitrogens is 4. The monoisotopic (exact) mass is 499 g/mol. The van der Waals surface area contributed by atoms with Gasteiger partial charge in [-0.15, -0.1) is 0 Å². The summed E-state index contributed by atoms with van der Waals surface area (Å²) in [5.41, 5.74) is 3.08. The van der Waals surface area contributed by atoms with E-state index in [2.05, 4.69) is 25.3 Å². The van der Waals surface area contributed by atoms with Gasteiger partial charge in [-0.2, -0.15) is 0 Å². The summed E-state index contributed by atoms with van der Waals surface area (Å²) in [6, 6.07) is 8.67. The number of likely N-dealkylation sites (N-methyl/N-ethyl adjacent to an activating group) is 1. The first-order valence-corrected chi connectivity index (χ1v) is 11.8. The molecule has 10 heteroatoms. The summed E-state index contributed by atoms with van der Waals surface area (Å²) in [4.78, 5) is 33.7. The minimum Gasteiger partial charge on any atom is -0.455 e. The zero-order valence-corrected chi connectivity index (χ0v) is 20.8. The molecule has 1 amide bonds. The van der Waals surface area contributed by atoms with E-state index >= 15 is 0 Å². The number of nitrogens with one attached hydrogen (secondary N) is 1. The van der Waals surface area contributed by atoms with Crippen molar-refractivity contribution in [1.82, 2.24) is 24.8 Å². The Kier molecular flexibility index (Phi) is 6.74. The van der Waals surface area contributed by atoms with Gasteiger partial charge in [-0.3, -0.25) is 14.7 Å². The largest absolute Gasteiger partial charge is 0.455 e. The minimum absolute atomic E-state index is 0.0280. The number of hydrogen-bond donors (Lipinski definition) is 1. The van der Waals surface area contributed by atoms with E-state index in [-0.39, 0.29) is 5.91 Å². The SMILES string of the molecule is Cc1cc(Nc2ncnc3cnc(N4CC/C(=C\CN(C)C)C4=O)cc23)ccc1Oc1cncc(F)c1. The fraction of sp³-hybridized carbons (Fsp3) is 0.222.